The van der Waals surface area contributed by atoms with Gasteiger partial charge >= 0.3 is 0 Å². The largest absolute Gasteiger partial charge is 0.492 e. The van der Waals surface area contributed by atoms with E-state index >= 15 is 0 Å². The molecule has 1 aliphatic heterocycles. The van der Waals surface area contributed by atoms with Gasteiger partial charge in [-0.25, -0.2) is 0 Å². The molecule has 0 aliphatic carbocycles. The van der Waals surface area contributed by atoms with Gasteiger partial charge in [0.05, 0.1) is 25.1 Å². The van der Waals surface area contributed by atoms with Crippen LogP contribution in [0.3, 0.4) is 0 Å². The van der Waals surface area contributed by atoms with Gasteiger partial charge in [-0.05, 0) is 48.9 Å². The highest BCUT2D eigenvalue weighted by atomic mass is 32.2. The molecule has 1 N–H and O–H groups in total. The van der Waals surface area contributed by atoms with Crippen molar-refractivity contribution < 1.29 is 18.7 Å². The molecule has 0 spiro atoms. The van der Waals surface area contributed by atoms with Gasteiger partial charge in [0.1, 0.15) is 23.5 Å². The Morgan fingerprint density at radius 1 is 1.16 bits per heavy atom. The molecule has 3 aromatic rings. The van der Waals surface area contributed by atoms with Crippen LogP contribution >= 0.6 is 11.8 Å². The minimum Gasteiger partial charge on any atom is -0.492 e. The summed E-state index contributed by atoms with van der Waals surface area (Å²) in [4.78, 5) is 26.5. The summed E-state index contributed by atoms with van der Waals surface area (Å²) >= 11 is 1.58. The maximum absolute atomic E-state index is 12.4. The van der Waals surface area contributed by atoms with Gasteiger partial charge in [-0.1, -0.05) is 29.8 Å². The lowest BCUT2D eigenvalue weighted by Crippen LogP contribution is -2.28. The molecule has 1 aromatic heterocycles. The number of benzene rings is 2. The number of carbonyl (C=O) groups is 2. The number of nitrogens with zero attached hydrogens (tertiary/aromatic N) is 1. The zero-order chi connectivity index (χ0) is 21.6. The number of carbonyl (C=O) groups excluding carboxylic acids is 2. The van der Waals surface area contributed by atoms with E-state index in [-0.39, 0.29) is 17.2 Å². The molecule has 1 aliphatic rings. The van der Waals surface area contributed by atoms with Gasteiger partial charge in [0.2, 0.25) is 5.91 Å². The standard InChI is InChI=1S/C24H24N2O4S/c1-17-4-10-20(11-5-17)30-14-12-25-23(28)18-6-8-19(9-7-18)24-26(22(27)16-31-24)15-21-3-2-13-29-21/h2-11,13,24H,12,14-16H2,1H3,(H,25,28)/t24-/m0/s1. The monoisotopic (exact) mass is 436 g/mol. The first-order chi connectivity index (χ1) is 15.1. The lowest BCUT2D eigenvalue weighted by atomic mass is 10.1. The van der Waals surface area contributed by atoms with E-state index in [0.717, 1.165) is 17.1 Å². The third kappa shape index (κ3) is 5.30. The lowest BCUT2D eigenvalue weighted by Gasteiger charge is -2.23. The van der Waals surface area contributed by atoms with Gasteiger partial charge < -0.3 is 19.4 Å². The number of ether oxygens (including phenoxy) is 1. The van der Waals surface area contributed by atoms with Crippen LogP contribution in [0.2, 0.25) is 0 Å². The highest BCUT2D eigenvalue weighted by molar-refractivity contribution is 8.00. The number of aryl methyl sites for hydroxylation is 1. The van der Waals surface area contributed by atoms with Gasteiger partial charge in [0.25, 0.3) is 5.91 Å². The van der Waals surface area contributed by atoms with E-state index in [2.05, 4.69) is 5.32 Å². The number of rotatable bonds is 8. The van der Waals surface area contributed by atoms with Gasteiger partial charge in [-0.15, -0.1) is 11.8 Å². The van der Waals surface area contributed by atoms with Gasteiger partial charge in [-0.2, -0.15) is 0 Å². The van der Waals surface area contributed by atoms with E-state index in [9.17, 15) is 9.59 Å². The molecular weight excluding hydrogens is 412 g/mol. The summed E-state index contributed by atoms with van der Waals surface area (Å²) in [5.74, 6) is 1.91. The Bertz CT molecular complexity index is 1020. The number of nitrogens with one attached hydrogen (secondary N) is 1. The number of hydrogen-bond donors (Lipinski definition) is 1. The molecule has 6 nitrogen and oxygen atoms in total. The predicted molar refractivity (Wildman–Crippen MR) is 120 cm³/mol. The van der Waals surface area contributed by atoms with E-state index in [1.807, 2.05) is 55.5 Å². The summed E-state index contributed by atoms with van der Waals surface area (Å²) in [6.45, 7) is 3.27. The van der Waals surface area contributed by atoms with Crippen LogP contribution in [0.1, 0.15) is 32.6 Å². The average molecular weight is 437 g/mol. The van der Waals surface area contributed by atoms with Crippen molar-refractivity contribution >= 4 is 23.6 Å². The molecule has 0 bridgehead atoms. The Morgan fingerprint density at radius 2 is 1.94 bits per heavy atom. The lowest BCUT2D eigenvalue weighted by molar-refractivity contribution is -0.128. The molecule has 160 valence electrons. The normalized spacial score (nSPS) is 15.8. The average Bonchev–Trinajstić information content (AvgIpc) is 3.43. The quantitative estimate of drug-likeness (QED) is 0.537. The SMILES string of the molecule is Cc1ccc(OCCNC(=O)c2ccc([C@@H]3SCC(=O)N3Cc3ccco3)cc2)cc1. The number of thioether (sulfide) groups is 1. The van der Waals surface area contributed by atoms with Crippen molar-refractivity contribution in [3.8, 4) is 5.75 Å². The summed E-state index contributed by atoms with van der Waals surface area (Å²) in [6, 6.07) is 18.9. The molecule has 1 fully saturated rings. The maximum Gasteiger partial charge on any atom is 0.251 e. The van der Waals surface area contributed by atoms with E-state index in [0.29, 0.717) is 31.0 Å². The molecule has 0 unspecified atom stereocenters. The Kier molecular flexibility index (Phi) is 6.62. The first-order valence-corrected chi connectivity index (χ1v) is 11.2. The van der Waals surface area contributed by atoms with Crippen molar-refractivity contribution in [2.75, 3.05) is 18.9 Å². The molecule has 1 atom stereocenters. The van der Waals surface area contributed by atoms with E-state index in [1.165, 1.54) is 5.56 Å². The van der Waals surface area contributed by atoms with Crippen molar-refractivity contribution in [1.29, 1.82) is 0 Å². The number of furan rings is 1. The Hall–Kier alpha value is -3.19. The van der Waals surface area contributed by atoms with Crippen LogP contribution in [0, 0.1) is 6.92 Å². The molecule has 31 heavy (non-hydrogen) atoms. The minimum absolute atomic E-state index is 0.0850. The fourth-order valence-electron chi connectivity index (χ4n) is 3.34. The Labute approximate surface area is 185 Å². The van der Waals surface area contributed by atoms with Gasteiger partial charge in [0.15, 0.2) is 0 Å². The summed E-state index contributed by atoms with van der Waals surface area (Å²) in [5.41, 5.74) is 2.74. The summed E-state index contributed by atoms with van der Waals surface area (Å²) in [5, 5.41) is 2.78. The van der Waals surface area contributed by atoms with Crippen LogP contribution in [0.25, 0.3) is 0 Å². The summed E-state index contributed by atoms with van der Waals surface area (Å²) < 4.78 is 11.0. The first kappa shape index (κ1) is 21.1. The molecule has 0 radical (unpaired) electrons. The zero-order valence-electron chi connectivity index (χ0n) is 17.2. The van der Waals surface area contributed by atoms with Crippen LogP contribution in [0.4, 0.5) is 0 Å². The van der Waals surface area contributed by atoms with E-state index in [1.54, 1.807) is 35.1 Å². The van der Waals surface area contributed by atoms with Gasteiger partial charge in [-0.3, -0.25) is 9.59 Å². The second kappa shape index (κ2) is 9.75. The summed E-state index contributed by atoms with van der Waals surface area (Å²) in [7, 11) is 0. The highest BCUT2D eigenvalue weighted by Gasteiger charge is 2.33. The molecule has 2 heterocycles. The van der Waals surface area contributed by atoms with Crippen LogP contribution in [0.5, 0.6) is 5.75 Å². The van der Waals surface area contributed by atoms with Crippen molar-refractivity contribution in [3.05, 3.63) is 89.4 Å². The van der Waals surface area contributed by atoms with E-state index < -0.39 is 0 Å². The topological polar surface area (TPSA) is 71.8 Å². The summed E-state index contributed by atoms with van der Waals surface area (Å²) in [6.07, 6.45) is 1.61. The zero-order valence-corrected chi connectivity index (χ0v) is 18.1. The van der Waals surface area contributed by atoms with Crippen molar-refractivity contribution in [2.45, 2.75) is 18.8 Å². The van der Waals surface area contributed by atoms with Crippen molar-refractivity contribution in [3.63, 3.8) is 0 Å². The Morgan fingerprint density at radius 3 is 2.65 bits per heavy atom. The van der Waals surface area contributed by atoms with Crippen molar-refractivity contribution in [1.82, 2.24) is 10.2 Å². The molecule has 2 amide bonds. The van der Waals surface area contributed by atoms with Gasteiger partial charge in [0, 0.05) is 5.56 Å². The highest BCUT2D eigenvalue weighted by Crippen LogP contribution is 2.39. The molecule has 4 rings (SSSR count). The molecule has 1 saturated heterocycles. The van der Waals surface area contributed by atoms with Crippen molar-refractivity contribution in [2.24, 2.45) is 0 Å². The minimum atomic E-state index is -0.151. The molecule has 7 heteroatoms. The van der Waals surface area contributed by atoms with Crippen LogP contribution < -0.4 is 10.1 Å². The molecular formula is C24H24N2O4S. The second-order valence-electron chi connectivity index (χ2n) is 7.30. The first-order valence-electron chi connectivity index (χ1n) is 10.1. The van der Waals surface area contributed by atoms with Crippen LogP contribution in [-0.4, -0.2) is 35.6 Å². The second-order valence-corrected chi connectivity index (χ2v) is 8.37. The smallest absolute Gasteiger partial charge is 0.251 e. The number of hydrogen-bond acceptors (Lipinski definition) is 5. The van der Waals surface area contributed by atoms with Crippen LogP contribution in [-0.2, 0) is 11.3 Å². The third-order valence-corrected chi connectivity index (χ3v) is 6.27. The third-order valence-electron chi connectivity index (χ3n) is 5.01. The fraction of sp³-hybridized carbons (Fsp3) is 0.250. The predicted octanol–water partition coefficient (Wildman–Crippen LogP) is 4.17. The molecule has 2 aromatic carbocycles. The number of amides is 2. The van der Waals surface area contributed by atoms with Crippen LogP contribution in [0.15, 0.2) is 71.3 Å². The van der Waals surface area contributed by atoms with E-state index in [4.69, 9.17) is 9.15 Å². The maximum atomic E-state index is 12.4. The fourth-order valence-corrected chi connectivity index (χ4v) is 4.53. The molecule has 0 saturated carbocycles. The Balaban J connectivity index is 1.30.